The fourth-order valence-corrected chi connectivity index (χ4v) is 2.75. The first-order valence-electron chi connectivity index (χ1n) is 8.53. The number of carbonyl (C=O) groups excluding carboxylic acids is 2. The number of likely N-dealkylation sites (N-methyl/N-ethyl adjacent to an activating group) is 1. The molecule has 2 amide bonds. The fourth-order valence-electron chi connectivity index (χ4n) is 2.75. The predicted octanol–water partition coefficient (Wildman–Crippen LogP) is 0.864. The maximum Gasteiger partial charge on any atom is 0.253 e. The van der Waals surface area contributed by atoms with E-state index in [-0.39, 0.29) is 24.5 Å². The molecule has 0 radical (unpaired) electrons. The number of hydrogen-bond donors (Lipinski definition) is 2. The van der Waals surface area contributed by atoms with Gasteiger partial charge in [-0.15, -0.1) is 0 Å². The van der Waals surface area contributed by atoms with Crippen molar-refractivity contribution in [3.8, 4) is 5.75 Å². The highest BCUT2D eigenvalue weighted by Gasteiger charge is 2.27. The molecule has 0 unspecified atom stereocenters. The van der Waals surface area contributed by atoms with E-state index >= 15 is 0 Å². The van der Waals surface area contributed by atoms with Gasteiger partial charge >= 0.3 is 0 Å². The van der Waals surface area contributed by atoms with Gasteiger partial charge < -0.3 is 25.0 Å². The molecule has 2 N–H and O–H groups in total. The summed E-state index contributed by atoms with van der Waals surface area (Å²) in [4.78, 5) is 27.8. The second kappa shape index (κ2) is 8.71. The van der Waals surface area contributed by atoms with Crippen LogP contribution < -0.4 is 15.0 Å². The number of nitrogens with one attached hydrogen (secondary N) is 1. The summed E-state index contributed by atoms with van der Waals surface area (Å²) in [5.74, 6) is 0.611. The Balaban J connectivity index is 2.01. The first-order chi connectivity index (χ1) is 11.9. The molecule has 1 atom stereocenters. The fraction of sp³-hybridized carbons (Fsp3) is 0.556. The number of unbranched alkanes of at least 4 members (excludes halogenated alkanes) is 1. The van der Waals surface area contributed by atoms with E-state index in [2.05, 4.69) is 5.32 Å². The Bertz CT molecular complexity index is 618. The summed E-state index contributed by atoms with van der Waals surface area (Å²) in [6, 6.07) is 5.27. The minimum Gasteiger partial charge on any atom is -0.489 e. The molecular formula is C18H27N3O4. The van der Waals surface area contributed by atoms with Crippen LogP contribution in [0.5, 0.6) is 5.75 Å². The van der Waals surface area contributed by atoms with Crippen LogP contribution in [0.1, 0.15) is 29.6 Å². The van der Waals surface area contributed by atoms with Crippen LogP contribution in [0.2, 0.25) is 0 Å². The molecule has 0 fully saturated rings. The van der Waals surface area contributed by atoms with E-state index in [0.717, 1.165) is 17.9 Å². The molecule has 7 heteroatoms. The number of aliphatic hydroxyl groups excluding tert-OH is 1. The second-order valence-corrected chi connectivity index (χ2v) is 6.44. The number of anilines is 1. The summed E-state index contributed by atoms with van der Waals surface area (Å²) >= 11 is 0. The number of hydrogen-bond acceptors (Lipinski definition) is 5. The summed E-state index contributed by atoms with van der Waals surface area (Å²) in [5.41, 5.74) is 1.41. The lowest BCUT2D eigenvalue weighted by molar-refractivity contribution is -0.121. The minimum atomic E-state index is -0.0879. The molecule has 1 heterocycles. The SMILES string of the molecule is CN(C)C(=O)c1ccc2c(c1)N(C)[C@H](CC(=O)NCCCCO)CO2. The van der Waals surface area contributed by atoms with E-state index < -0.39 is 0 Å². The Kier molecular flexibility index (Phi) is 6.64. The highest BCUT2D eigenvalue weighted by Crippen LogP contribution is 2.34. The van der Waals surface area contributed by atoms with E-state index in [1.165, 1.54) is 4.90 Å². The Hall–Kier alpha value is -2.28. The standard InChI is InChI=1S/C18H27N3O4/c1-20(2)18(24)13-6-7-16-15(10-13)21(3)14(12-25-16)11-17(23)19-8-4-5-9-22/h6-7,10,14,22H,4-5,8-9,11-12H2,1-3H3,(H,19,23)/t14-/m1/s1. The van der Waals surface area contributed by atoms with Crippen LogP contribution in [-0.2, 0) is 4.79 Å². The Labute approximate surface area is 148 Å². The number of rotatable bonds is 7. The van der Waals surface area contributed by atoms with E-state index in [9.17, 15) is 9.59 Å². The molecule has 2 rings (SSSR count). The summed E-state index contributed by atoms with van der Waals surface area (Å²) in [5, 5.41) is 11.6. The molecule has 138 valence electrons. The number of carbonyl (C=O) groups is 2. The van der Waals surface area contributed by atoms with E-state index in [1.807, 2.05) is 18.0 Å². The van der Waals surface area contributed by atoms with Gasteiger partial charge in [0.15, 0.2) is 0 Å². The highest BCUT2D eigenvalue weighted by atomic mass is 16.5. The van der Waals surface area contributed by atoms with Crippen LogP contribution >= 0.6 is 0 Å². The van der Waals surface area contributed by atoms with Crippen molar-refractivity contribution in [2.45, 2.75) is 25.3 Å². The molecule has 1 aromatic carbocycles. The average Bonchev–Trinajstić information content (AvgIpc) is 2.60. The summed E-state index contributed by atoms with van der Waals surface area (Å²) in [6.45, 7) is 1.13. The van der Waals surface area contributed by atoms with Crippen LogP contribution in [0.15, 0.2) is 18.2 Å². The van der Waals surface area contributed by atoms with Crippen molar-refractivity contribution in [1.82, 2.24) is 10.2 Å². The van der Waals surface area contributed by atoms with Crippen LogP contribution in [0, 0.1) is 0 Å². The van der Waals surface area contributed by atoms with E-state index in [1.54, 1.807) is 26.2 Å². The smallest absolute Gasteiger partial charge is 0.253 e. The number of nitrogens with zero attached hydrogens (tertiary/aromatic N) is 2. The number of benzene rings is 1. The first kappa shape index (κ1) is 19.1. The zero-order valence-corrected chi connectivity index (χ0v) is 15.1. The molecule has 1 aliphatic rings. The molecule has 7 nitrogen and oxygen atoms in total. The number of fused-ring (bicyclic) bond motifs is 1. The normalized spacial score (nSPS) is 16.0. The van der Waals surface area contributed by atoms with Gasteiger partial charge in [0.2, 0.25) is 5.91 Å². The molecule has 1 aromatic rings. The van der Waals surface area contributed by atoms with Crippen molar-refractivity contribution in [3.05, 3.63) is 23.8 Å². The van der Waals surface area contributed by atoms with Gasteiger partial charge in [0.1, 0.15) is 12.4 Å². The van der Waals surface area contributed by atoms with Gasteiger partial charge in [-0.2, -0.15) is 0 Å². The van der Waals surface area contributed by atoms with Gasteiger partial charge in [0.25, 0.3) is 5.91 Å². The summed E-state index contributed by atoms with van der Waals surface area (Å²) in [7, 11) is 5.34. The molecule has 1 aliphatic heterocycles. The number of amides is 2. The van der Waals surface area contributed by atoms with Gasteiger partial charge in [0, 0.05) is 39.9 Å². The van der Waals surface area contributed by atoms with Gasteiger partial charge in [-0.25, -0.2) is 0 Å². The molecule has 0 aliphatic carbocycles. The third-order valence-corrected chi connectivity index (χ3v) is 4.30. The Morgan fingerprint density at radius 1 is 1.36 bits per heavy atom. The van der Waals surface area contributed by atoms with Crippen molar-refractivity contribution in [3.63, 3.8) is 0 Å². The first-order valence-corrected chi connectivity index (χ1v) is 8.53. The van der Waals surface area contributed by atoms with E-state index in [4.69, 9.17) is 9.84 Å². The summed E-state index contributed by atoms with van der Waals surface area (Å²) in [6.07, 6.45) is 1.77. The third kappa shape index (κ3) is 4.85. The molecule has 0 saturated heterocycles. The molecule has 0 saturated carbocycles. The number of aliphatic hydroxyl groups is 1. The minimum absolute atomic E-state index is 0.0395. The van der Waals surface area contributed by atoms with Gasteiger partial charge in [-0.05, 0) is 31.0 Å². The quantitative estimate of drug-likeness (QED) is 0.714. The van der Waals surface area contributed by atoms with E-state index in [0.29, 0.717) is 31.6 Å². The lowest BCUT2D eigenvalue weighted by Gasteiger charge is -2.35. The van der Waals surface area contributed by atoms with Gasteiger partial charge in [0.05, 0.1) is 18.2 Å². The zero-order chi connectivity index (χ0) is 18.4. The molecule has 0 bridgehead atoms. The van der Waals surface area contributed by atoms with Crippen molar-refractivity contribution < 1.29 is 19.4 Å². The van der Waals surface area contributed by atoms with Crippen LogP contribution in [0.3, 0.4) is 0 Å². The van der Waals surface area contributed by atoms with Gasteiger partial charge in [-0.1, -0.05) is 0 Å². The Morgan fingerprint density at radius 3 is 2.80 bits per heavy atom. The highest BCUT2D eigenvalue weighted by molar-refractivity contribution is 5.95. The topological polar surface area (TPSA) is 82.1 Å². The predicted molar refractivity (Wildman–Crippen MR) is 96.1 cm³/mol. The van der Waals surface area contributed by atoms with Crippen molar-refractivity contribution in [2.75, 3.05) is 45.8 Å². The second-order valence-electron chi connectivity index (χ2n) is 6.44. The largest absolute Gasteiger partial charge is 0.489 e. The summed E-state index contributed by atoms with van der Waals surface area (Å²) < 4.78 is 5.77. The lowest BCUT2D eigenvalue weighted by atomic mass is 10.1. The molecule has 25 heavy (non-hydrogen) atoms. The maximum atomic E-state index is 12.2. The van der Waals surface area contributed by atoms with Crippen LogP contribution in [-0.4, -0.2) is 68.8 Å². The lowest BCUT2D eigenvalue weighted by Crippen LogP contribution is -2.44. The molecular weight excluding hydrogens is 322 g/mol. The van der Waals surface area contributed by atoms with Crippen LogP contribution in [0.25, 0.3) is 0 Å². The van der Waals surface area contributed by atoms with Gasteiger partial charge in [-0.3, -0.25) is 9.59 Å². The monoisotopic (exact) mass is 349 g/mol. The van der Waals surface area contributed by atoms with Crippen molar-refractivity contribution in [2.24, 2.45) is 0 Å². The zero-order valence-electron chi connectivity index (χ0n) is 15.1. The third-order valence-electron chi connectivity index (χ3n) is 4.30. The number of ether oxygens (including phenoxy) is 1. The molecule has 0 aromatic heterocycles. The Morgan fingerprint density at radius 2 is 2.12 bits per heavy atom. The van der Waals surface area contributed by atoms with Crippen molar-refractivity contribution in [1.29, 1.82) is 0 Å². The van der Waals surface area contributed by atoms with Crippen molar-refractivity contribution >= 4 is 17.5 Å². The molecule has 0 spiro atoms. The average molecular weight is 349 g/mol. The van der Waals surface area contributed by atoms with Crippen LogP contribution in [0.4, 0.5) is 5.69 Å². The maximum absolute atomic E-state index is 12.2.